The molecule has 0 aliphatic rings. The SMILES string of the molecule is CCSCCC(C)n1c(=S)[nH]c2ccc(C#N)cc21. The number of H-pyrrole nitrogens is 1. The lowest BCUT2D eigenvalue weighted by Crippen LogP contribution is -2.06. The van der Waals surface area contributed by atoms with Crippen molar-refractivity contribution in [3.63, 3.8) is 0 Å². The summed E-state index contributed by atoms with van der Waals surface area (Å²) in [5, 5.41) is 9.01. The van der Waals surface area contributed by atoms with Crippen LogP contribution in [0.2, 0.25) is 0 Å². The zero-order chi connectivity index (χ0) is 13.8. The number of benzene rings is 1. The van der Waals surface area contributed by atoms with Gasteiger partial charge in [0.25, 0.3) is 0 Å². The summed E-state index contributed by atoms with van der Waals surface area (Å²) in [6.45, 7) is 4.35. The second-order valence-electron chi connectivity index (χ2n) is 4.48. The lowest BCUT2D eigenvalue weighted by Gasteiger charge is -2.14. The fourth-order valence-electron chi connectivity index (χ4n) is 2.16. The number of rotatable bonds is 5. The van der Waals surface area contributed by atoms with Gasteiger partial charge in [-0.05, 0) is 55.3 Å². The Labute approximate surface area is 122 Å². The molecule has 0 saturated heterocycles. The maximum absolute atomic E-state index is 9.01. The molecule has 2 aromatic rings. The van der Waals surface area contributed by atoms with Gasteiger partial charge in [0, 0.05) is 6.04 Å². The van der Waals surface area contributed by atoms with Crippen molar-refractivity contribution in [1.29, 1.82) is 5.26 Å². The molecule has 1 aromatic heterocycles. The molecular formula is C14H17N3S2. The zero-order valence-electron chi connectivity index (χ0n) is 11.1. The minimum atomic E-state index is 0.342. The molecule has 0 amide bonds. The van der Waals surface area contributed by atoms with Gasteiger partial charge >= 0.3 is 0 Å². The topological polar surface area (TPSA) is 44.5 Å². The molecular weight excluding hydrogens is 274 g/mol. The van der Waals surface area contributed by atoms with E-state index in [0.29, 0.717) is 11.6 Å². The first-order valence-corrected chi connectivity index (χ1v) is 7.95. The van der Waals surface area contributed by atoms with Crippen molar-refractivity contribution in [2.75, 3.05) is 11.5 Å². The highest BCUT2D eigenvalue weighted by Crippen LogP contribution is 2.23. The molecule has 3 nitrogen and oxygen atoms in total. The van der Waals surface area contributed by atoms with E-state index in [-0.39, 0.29) is 0 Å². The number of nitrogens with zero attached hydrogens (tertiary/aromatic N) is 2. The Morgan fingerprint density at radius 3 is 3.00 bits per heavy atom. The van der Waals surface area contributed by atoms with E-state index in [1.54, 1.807) is 0 Å². The van der Waals surface area contributed by atoms with Gasteiger partial charge in [-0.3, -0.25) is 0 Å². The van der Waals surface area contributed by atoms with Crippen molar-refractivity contribution in [1.82, 2.24) is 9.55 Å². The Morgan fingerprint density at radius 2 is 2.32 bits per heavy atom. The van der Waals surface area contributed by atoms with Crippen molar-refractivity contribution < 1.29 is 0 Å². The lowest BCUT2D eigenvalue weighted by molar-refractivity contribution is 0.543. The van der Waals surface area contributed by atoms with Crippen molar-refractivity contribution in [3.8, 4) is 6.07 Å². The van der Waals surface area contributed by atoms with Crippen LogP contribution in [0.25, 0.3) is 11.0 Å². The standard InChI is InChI=1S/C14H17N3S2/c1-3-19-7-6-10(2)17-13-8-11(9-15)4-5-12(13)16-14(17)18/h4-5,8,10H,3,6-7H2,1-2H3,(H,16,18). The highest BCUT2D eigenvalue weighted by atomic mass is 32.2. The molecule has 1 heterocycles. The van der Waals surface area contributed by atoms with Gasteiger partial charge in [-0.15, -0.1) is 0 Å². The maximum Gasteiger partial charge on any atom is 0.178 e. The van der Waals surface area contributed by atoms with Gasteiger partial charge in [0.15, 0.2) is 4.77 Å². The van der Waals surface area contributed by atoms with Crippen molar-refractivity contribution in [3.05, 3.63) is 28.5 Å². The van der Waals surface area contributed by atoms with Crippen molar-refractivity contribution in [2.24, 2.45) is 0 Å². The Hall–Kier alpha value is -1.25. The molecule has 0 saturated carbocycles. The van der Waals surface area contributed by atoms with E-state index in [4.69, 9.17) is 17.5 Å². The molecule has 100 valence electrons. The number of hydrogen-bond acceptors (Lipinski definition) is 3. The molecule has 0 aliphatic heterocycles. The van der Waals surface area contributed by atoms with Crippen LogP contribution in [0.4, 0.5) is 0 Å². The average molecular weight is 291 g/mol. The van der Waals surface area contributed by atoms with Gasteiger partial charge in [-0.1, -0.05) is 6.92 Å². The number of thioether (sulfide) groups is 1. The van der Waals surface area contributed by atoms with Crippen LogP contribution in [0, 0.1) is 16.1 Å². The molecule has 1 aromatic carbocycles. The molecule has 0 fully saturated rings. The largest absolute Gasteiger partial charge is 0.331 e. The number of imidazole rings is 1. The van der Waals surface area contributed by atoms with Crippen LogP contribution in [0.5, 0.6) is 0 Å². The highest BCUT2D eigenvalue weighted by molar-refractivity contribution is 7.99. The van der Waals surface area contributed by atoms with Gasteiger partial charge < -0.3 is 9.55 Å². The van der Waals surface area contributed by atoms with Gasteiger partial charge in [0.05, 0.1) is 22.7 Å². The number of hydrogen-bond donors (Lipinski definition) is 1. The van der Waals surface area contributed by atoms with Crippen LogP contribution in [0.1, 0.15) is 31.9 Å². The van der Waals surface area contributed by atoms with Crippen LogP contribution in [-0.2, 0) is 0 Å². The van der Waals surface area contributed by atoms with Gasteiger partial charge in [-0.2, -0.15) is 17.0 Å². The van der Waals surface area contributed by atoms with Crippen LogP contribution in [0.3, 0.4) is 0 Å². The first-order chi connectivity index (χ1) is 9.17. The van der Waals surface area contributed by atoms with Crippen LogP contribution >= 0.6 is 24.0 Å². The monoisotopic (exact) mass is 291 g/mol. The number of nitrogens with one attached hydrogen (secondary N) is 1. The third-order valence-electron chi connectivity index (χ3n) is 3.17. The normalized spacial score (nSPS) is 12.5. The fraction of sp³-hybridized carbons (Fsp3) is 0.429. The van der Waals surface area contributed by atoms with Gasteiger partial charge in [0.1, 0.15) is 0 Å². The summed E-state index contributed by atoms with van der Waals surface area (Å²) in [4.78, 5) is 3.21. The maximum atomic E-state index is 9.01. The summed E-state index contributed by atoms with van der Waals surface area (Å²) in [6, 6.07) is 8.17. The first-order valence-electron chi connectivity index (χ1n) is 6.39. The van der Waals surface area contributed by atoms with E-state index in [1.165, 1.54) is 0 Å². The number of nitriles is 1. The number of aromatic amines is 1. The van der Waals surface area contributed by atoms with E-state index in [9.17, 15) is 0 Å². The Morgan fingerprint density at radius 1 is 1.53 bits per heavy atom. The van der Waals surface area contributed by atoms with E-state index >= 15 is 0 Å². The predicted octanol–water partition coefficient (Wildman–Crippen LogP) is 4.27. The average Bonchev–Trinajstić information content (AvgIpc) is 2.73. The summed E-state index contributed by atoms with van der Waals surface area (Å²) in [5.41, 5.74) is 2.70. The van der Waals surface area contributed by atoms with Gasteiger partial charge in [-0.25, -0.2) is 0 Å². The highest BCUT2D eigenvalue weighted by Gasteiger charge is 2.11. The molecule has 0 radical (unpaired) electrons. The fourth-order valence-corrected chi connectivity index (χ4v) is 3.34. The minimum Gasteiger partial charge on any atom is -0.331 e. The number of aromatic nitrogens is 2. The van der Waals surface area contributed by atoms with E-state index < -0.39 is 0 Å². The summed E-state index contributed by atoms with van der Waals surface area (Å²) in [5.74, 6) is 2.27. The quantitative estimate of drug-likeness (QED) is 0.660. The van der Waals surface area contributed by atoms with Crippen molar-refractivity contribution >= 4 is 35.0 Å². The lowest BCUT2D eigenvalue weighted by atomic mass is 10.2. The Kier molecular flexibility index (Phi) is 4.67. The summed E-state index contributed by atoms with van der Waals surface area (Å²) < 4.78 is 2.86. The summed E-state index contributed by atoms with van der Waals surface area (Å²) in [6.07, 6.45) is 1.08. The van der Waals surface area contributed by atoms with E-state index in [1.807, 2.05) is 30.0 Å². The van der Waals surface area contributed by atoms with E-state index in [2.05, 4.69) is 29.5 Å². The molecule has 5 heteroatoms. The molecule has 0 aliphatic carbocycles. The third kappa shape index (κ3) is 3.02. The smallest absolute Gasteiger partial charge is 0.178 e. The first kappa shape index (κ1) is 14.2. The van der Waals surface area contributed by atoms with Crippen molar-refractivity contribution in [2.45, 2.75) is 26.3 Å². The molecule has 2 rings (SSSR count). The predicted molar refractivity (Wildman–Crippen MR) is 84.2 cm³/mol. The van der Waals surface area contributed by atoms with Crippen LogP contribution < -0.4 is 0 Å². The van der Waals surface area contributed by atoms with Gasteiger partial charge in [0.2, 0.25) is 0 Å². The molecule has 1 N–H and O–H groups in total. The zero-order valence-corrected chi connectivity index (χ0v) is 12.8. The summed E-state index contributed by atoms with van der Waals surface area (Å²) in [7, 11) is 0. The van der Waals surface area contributed by atoms with Crippen LogP contribution in [0.15, 0.2) is 18.2 Å². The number of fused-ring (bicyclic) bond motifs is 1. The molecule has 0 spiro atoms. The third-order valence-corrected chi connectivity index (χ3v) is 4.40. The van der Waals surface area contributed by atoms with E-state index in [0.717, 1.165) is 33.7 Å². The molecule has 19 heavy (non-hydrogen) atoms. The molecule has 0 bridgehead atoms. The Balaban J connectivity index is 2.38. The molecule has 1 atom stereocenters. The molecule has 1 unspecified atom stereocenters. The van der Waals surface area contributed by atoms with Crippen LogP contribution in [-0.4, -0.2) is 21.1 Å². The second kappa shape index (κ2) is 6.27. The minimum absolute atomic E-state index is 0.342. The second-order valence-corrected chi connectivity index (χ2v) is 6.26. The summed E-state index contributed by atoms with van der Waals surface area (Å²) >= 11 is 7.35. The Bertz CT molecular complexity index is 663.